The number of thiophene rings is 1. The highest BCUT2D eigenvalue weighted by Crippen LogP contribution is 2.22. The molecule has 0 aromatic carbocycles. The SMILES string of the molecule is CCCS(=O)(=O)N[C@@H](Cc1ccc(CCCCC(=O)NC2=NCCCN2)s1)C(=O)OC(C)(C)C. The molecular weight excluding hydrogens is 476 g/mol. The first-order chi connectivity index (χ1) is 16.0. The van der Waals surface area contributed by atoms with Gasteiger partial charge in [-0.15, -0.1) is 11.3 Å². The van der Waals surface area contributed by atoms with Crippen LogP contribution in [0, 0.1) is 0 Å². The summed E-state index contributed by atoms with van der Waals surface area (Å²) in [6, 6.07) is 2.95. The highest BCUT2D eigenvalue weighted by Gasteiger charge is 2.29. The van der Waals surface area contributed by atoms with Crippen LogP contribution in [-0.4, -0.2) is 56.7 Å². The number of carbonyl (C=O) groups is 2. The molecule has 1 aliphatic heterocycles. The van der Waals surface area contributed by atoms with E-state index in [1.807, 2.05) is 12.1 Å². The lowest BCUT2D eigenvalue weighted by atomic mass is 10.1. The third kappa shape index (κ3) is 11.0. The van der Waals surface area contributed by atoms with Crippen LogP contribution in [0.25, 0.3) is 0 Å². The second-order valence-corrected chi connectivity index (χ2v) is 12.5. The van der Waals surface area contributed by atoms with Gasteiger partial charge in [-0.1, -0.05) is 6.92 Å². The summed E-state index contributed by atoms with van der Waals surface area (Å²) in [4.78, 5) is 31.0. The van der Waals surface area contributed by atoms with Gasteiger partial charge in [-0.25, -0.2) is 13.1 Å². The van der Waals surface area contributed by atoms with E-state index in [-0.39, 0.29) is 18.1 Å². The van der Waals surface area contributed by atoms with Crippen molar-refractivity contribution in [2.75, 3.05) is 18.8 Å². The molecule has 1 amide bonds. The van der Waals surface area contributed by atoms with Gasteiger partial charge >= 0.3 is 5.97 Å². The zero-order valence-corrected chi connectivity index (χ0v) is 22.2. The summed E-state index contributed by atoms with van der Waals surface area (Å²) in [5.74, 6) is -0.100. The zero-order chi connectivity index (χ0) is 25.2. The van der Waals surface area contributed by atoms with Crippen molar-refractivity contribution in [3.05, 3.63) is 21.9 Å². The summed E-state index contributed by atoms with van der Waals surface area (Å²) in [6.07, 6.45) is 4.53. The summed E-state index contributed by atoms with van der Waals surface area (Å²) in [7, 11) is -3.58. The first-order valence-corrected chi connectivity index (χ1v) is 14.3. The number of esters is 1. The van der Waals surface area contributed by atoms with E-state index in [2.05, 4.69) is 20.3 Å². The third-order valence-corrected chi connectivity index (χ3v) is 7.60. The molecule has 34 heavy (non-hydrogen) atoms. The van der Waals surface area contributed by atoms with Gasteiger partial charge < -0.3 is 10.1 Å². The predicted molar refractivity (Wildman–Crippen MR) is 135 cm³/mol. The van der Waals surface area contributed by atoms with Crippen molar-refractivity contribution in [1.29, 1.82) is 0 Å². The molecule has 9 nitrogen and oxygen atoms in total. The normalized spacial score (nSPS) is 15.2. The van der Waals surface area contributed by atoms with Crippen LogP contribution >= 0.6 is 11.3 Å². The van der Waals surface area contributed by atoms with E-state index in [0.29, 0.717) is 18.8 Å². The molecule has 1 aliphatic rings. The molecule has 0 fully saturated rings. The van der Waals surface area contributed by atoms with Crippen LogP contribution in [0.3, 0.4) is 0 Å². The molecule has 2 heterocycles. The van der Waals surface area contributed by atoms with Crippen molar-refractivity contribution in [2.45, 2.75) is 84.3 Å². The van der Waals surface area contributed by atoms with Gasteiger partial charge in [0.15, 0.2) is 5.96 Å². The minimum Gasteiger partial charge on any atom is -0.459 e. The topological polar surface area (TPSA) is 126 Å². The smallest absolute Gasteiger partial charge is 0.325 e. The second kappa shape index (κ2) is 13.2. The number of nitrogens with one attached hydrogen (secondary N) is 3. The monoisotopic (exact) mass is 514 g/mol. The van der Waals surface area contributed by atoms with Crippen molar-refractivity contribution in [2.24, 2.45) is 4.99 Å². The molecule has 0 bridgehead atoms. The van der Waals surface area contributed by atoms with Gasteiger partial charge in [0.05, 0.1) is 5.75 Å². The van der Waals surface area contributed by atoms with E-state index >= 15 is 0 Å². The number of aryl methyl sites for hydroxylation is 1. The number of guanidine groups is 1. The Hall–Kier alpha value is -1.98. The minimum atomic E-state index is -3.58. The molecule has 1 aromatic heterocycles. The number of amides is 1. The van der Waals surface area contributed by atoms with Gasteiger partial charge in [0.25, 0.3) is 0 Å². The Morgan fingerprint density at radius 3 is 2.62 bits per heavy atom. The number of unbranched alkanes of at least 4 members (excludes halogenated alkanes) is 1. The Morgan fingerprint density at radius 1 is 1.24 bits per heavy atom. The van der Waals surface area contributed by atoms with Crippen LogP contribution < -0.4 is 15.4 Å². The highest BCUT2D eigenvalue weighted by atomic mass is 32.2. The van der Waals surface area contributed by atoms with Crippen LogP contribution in [0.4, 0.5) is 0 Å². The number of hydrogen-bond donors (Lipinski definition) is 3. The van der Waals surface area contributed by atoms with Crippen molar-refractivity contribution in [3.63, 3.8) is 0 Å². The molecule has 0 aliphatic carbocycles. The Balaban J connectivity index is 1.86. The van der Waals surface area contributed by atoms with Gasteiger partial charge in [-0.05, 0) is 65.0 Å². The van der Waals surface area contributed by atoms with Gasteiger partial charge in [0, 0.05) is 35.7 Å². The largest absolute Gasteiger partial charge is 0.459 e. The molecule has 0 spiro atoms. The van der Waals surface area contributed by atoms with Gasteiger partial charge in [0.2, 0.25) is 15.9 Å². The van der Waals surface area contributed by atoms with Gasteiger partial charge in [-0.3, -0.25) is 19.9 Å². The number of carbonyl (C=O) groups excluding carboxylic acids is 2. The maximum Gasteiger partial charge on any atom is 0.325 e. The molecule has 3 N–H and O–H groups in total. The van der Waals surface area contributed by atoms with E-state index < -0.39 is 27.6 Å². The molecule has 192 valence electrons. The molecule has 11 heteroatoms. The molecule has 0 unspecified atom stereocenters. The minimum absolute atomic E-state index is 0.0421. The first-order valence-electron chi connectivity index (χ1n) is 11.9. The zero-order valence-electron chi connectivity index (χ0n) is 20.6. The van der Waals surface area contributed by atoms with E-state index in [9.17, 15) is 18.0 Å². The number of ether oxygens (including phenoxy) is 1. The predicted octanol–water partition coefficient (Wildman–Crippen LogP) is 2.51. The third-order valence-electron chi connectivity index (χ3n) is 4.84. The lowest BCUT2D eigenvalue weighted by molar-refractivity contribution is -0.156. The van der Waals surface area contributed by atoms with Crippen LogP contribution in [0.15, 0.2) is 17.1 Å². The lowest BCUT2D eigenvalue weighted by Crippen LogP contribution is -2.46. The second-order valence-electron chi connectivity index (χ2n) is 9.36. The number of nitrogens with zero attached hydrogens (tertiary/aromatic N) is 1. The summed E-state index contributed by atoms with van der Waals surface area (Å²) in [5.41, 5.74) is -0.710. The fourth-order valence-corrected chi connectivity index (χ4v) is 5.73. The molecular formula is C23H38N4O5S2. The van der Waals surface area contributed by atoms with Crippen LogP contribution in [-0.2, 0) is 37.2 Å². The maximum absolute atomic E-state index is 12.7. The van der Waals surface area contributed by atoms with Crippen molar-refractivity contribution in [1.82, 2.24) is 15.4 Å². The number of hydrogen-bond acceptors (Lipinski definition) is 8. The Kier molecular flexibility index (Phi) is 11.0. The number of rotatable bonds is 12. The molecule has 0 radical (unpaired) electrons. The first kappa shape index (κ1) is 28.3. The Labute approximate surface area is 207 Å². The van der Waals surface area contributed by atoms with Gasteiger partial charge in [-0.2, -0.15) is 0 Å². The van der Waals surface area contributed by atoms with Crippen LogP contribution in [0.5, 0.6) is 0 Å². The quantitative estimate of drug-likeness (QED) is 0.291. The van der Waals surface area contributed by atoms with Crippen LogP contribution in [0.1, 0.15) is 69.6 Å². The summed E-state index contributed by atoms with van der Waals surface area (Å²) < 4.78 is 32.6. The van der Waals surface area contributed by atoms with E-state index in [1.54, 1.807) is 39.0 Å². The number of aliphatic imine (C=N–C) groups is 1. The van der Waals surface area contributed by atoms with Gasteiger partial charge in [0.1, 0.15) is 11.6 Å². The highest BCUT2D eigenvalue weighted by molar-refractivity contribution is 7.89. The lowest BCUT2D eigenvalue weighted by Gasteiger charge is -2.24. The van der Waals surface area contributed by atoms with Crippen molar-refractivity contribution < 1.29 is 22.7 Å². The van der Waals surface area contributed by atoms with E-state index in [0.717, 1.165) is 48.5 Å². The Bertz CT molecular complexity index is 951. The fourth-order valence-electron chi connectivity index (χ4n) is 3.35. The van der Waals surface area contributed by atoms with E-state index in [1.165, 1.54) is 0 Å². The van der Waals surface area contributed by atoms with Crippen molar-refractivity contribution >= 4 is 39.2 Å². The number of sulfonamides is 1. The molecule has 0 saturated heterocycles. The average molecular weight is 515 g/mol. The fraction of sp³-hybridized carbons (Fsp3) is 0.696. The molecule has 0 saturated carbocycles. The molecule has 1 atom stereocenters. The Morgan fingerprint density at radius 2 is 1.97 bits per heavy atom. The standard InChI is InChI=1S/C23H38N4O5S2/c1-5-15-34(30,31)27-19(21(29)32-23(2,3)4)16-18-12-11-17(33-18)9-6-7-10-20(28)26-22-24-13-8-14-25-22/h11-12,19,27H,5-10,13-16H2,1-4H3,(H2,24,25,26,28)/t19-/m0/s1. The average Bonchev–Trinajstić information content (AvgIpc) is 3.17. The molecule has 2 rings (SSSR count). The van der Waals surface area contributed by atoms with E-state index in [4.69, 9.17) is 4.74 Å². The van der Waals surface area contributed by atoms with Crippen LogP contribution in [0.2, 0.25) is 0 Å². The molecule has 1 aromatic rings. The maximum atomic E-state index is 12.7. The van der Waals surface area contributed by atoms with Crippen molar-refractivity contribution in [3.8, 4) is 0 Å². The summed E-state index contributed by atoms with van der Waals surface area (Å²) in [5, 5.41) is 5.87. The summed E-state index contributed by atoms with van der Waals surface area (Å²) in [6.45, 7) is 8.60. The summed E-state index contributed by atoms with van der Waals surface area (Å²) >= 11 is 1.55.